The van der Waals surface area contributed by atoms with Gasteiger partial charge < -0.3 is 10.7 Å². The fourth-order valence-electron chi connectivity index (χ4n) is 1.54. The van der Waals surface area contributed by atoms with Gasteiger partial charge in [-0.15, -0.1) is 0 Å². The van der Waals surface area contributed by atoms with Crippen LogP contribution in [0, 0.1) is 0 Å². The van der Waals surface area contributed by atoms with Crippen LogP contribution >= 0.6 is 0 Å². The molecule has 0 atom stereocenters. The largest absolute Gasteiger partial charge is 0.348 e. The first kappa shape index (κ1) is 12.1. The number of hydrazine groups is 1. The number of aromatic nitrogens is 3. The number of hydrogen-bond donors (Lipinski definition) is 3. The number of carbonyl (C=O) groups excluding carboxylic acids is 1. The van der Waals surface area contributed by atoms with Gasteiger partial charge in [-0.3, -0.25) is 20.3 Å². The van der Waals surface area contributed by atoms with Crippen LogP contribution in [0.4, 0.5) is 5.69 Å². The molecular weight excluding hydrogens is 232 g/mol. The first-order chi connectivity index (χ1) is 8.70. The maximum atomic E-state index is 11.9. The molecule has 0 saturated heterocycles. The minimum Gasteiger partial charge on any atom is -0.348 e. The molecule has 0 aromatic carbocycles. The van der Waals surface area contributed by atoms with Crippen molar-refractivity contribution in [3.63, 3.8) is 0 Å². The monoisotopic (exact) mass is 246 g/mol. The Kier molecular flexibility index (Phi) is 3.54. The third kappa shape index (κ3) is 2.64. The van der Waals surface area contributed by atoms with E-state index in [4.69, 9.17) is 5.84 Å². The van der Waals surface area contributed by atoms with E-state index in [9.17, 15) is 4.79 Å². The van der Waals surface area contributed by atoms with Crippen molar-refractivity contribution in [3.05, 3.63) is 42.0 Å². The lowest BCUT2D eigenvalue weighted by atomic mass is 10.2. The van der Waals surface area contributed by atoms with E-state index in [-0.39, 0.29) is 5.91 Å². The van der Waals surface area contributed by atoms with Crippen molar-refractivity contribution in [2.45, 2.75) is 6.54 Å². The topological polar surface area (TPSA) is 97.9 Å². The van der Waals surface area contributed by atoms with E-state index in [0.717, 1.165) is 5.56 Å². The summed E-state index contributed by atoms with van der Waals surface area (Å²) in [6.07, 6.45) is 6.57. The van der Waals surface area contributed by atoms with Crippen molar-refractivity contribution in [2.75, 3.05) is 5.43 Å². The smallest absolute Gasteiger partial charge is 0.255 e. The molecule has 4 N–H and O–H groups in total. The number of amides is 1. The average Bonchev–Trinajstić information content (AvgIpc) is 2.81. The molecule has 0 aliphatic rings. The second-order valence-electron chi connectivity index (χ2n) is 3.77. The quantitative estimate of drug-likeness (QED) is 0.522. The molecule has 2 heterocycles. The van der Waals surface area contributed by atoms with Crippen LogP contribution in [-0.2, 0) is 13.6 Å². The van der Waals surface area contributed by atoms with Gasteiger partial charge in [0.05, 0.1) is 17.4 Å². The zero-order valence-corrected chi connectivity index (χ0v) is 9.92. The van der Waals surface area contributed by atoms with Crippen LogP contribution in [0.3, 0.4) is 0 Å². The van der Waals surface area contributed by atoms with Crippen molar-refractivity contribution >= 4 is 11.6 Å². The number of aryl methyl sites for hydroxylation is 1. The van der Waals surface area contributed by atoms with Crippen LogP contribution in [0.2, 0.25) is 0 Å². The minimum atomic E-state index is -0.236. The summed E-state index contributed by atoms with van der Waals surface area (Å²) in [5.41, 5.74) is 4.33. The van der Waals surface area contributed by atoms with Crippen molar-refractivity contribution in [2.24, 2.45) is 12.9 Å². The highest BCUT2D eigenvalue weighted by Gasteiger charge is 2.10. The van der Waals surface area contributed by atoms with E-state index < -0.39 is 0 Å². The molecule has 2 aromatic heterocycles. The van der Waals surface area contributed by atoms with Gasteiger partial charge in [0.1, 0.15) is 0 Å². The average molecular weight is 246 g/mol. The Bertz CT molecular complexity index is 550. The summed E-state index contributed by atoms with van der Waals surface area (Å²) in [4.78, 5) is 15.8. The molecule has 2 aromatic rings. The Morgan fingerprint density at radius 1 is 1.50 bits per heavy atom. The van der Waals surface area contributed by atoms with E-state index >= 15 is 0 Å². The molecule has 0 saturated carbocycles. The lowest BCUT2D eigenvalue weighted by molar-refractivity contribution is 0.0951. The molecule has 1 amide bonds. The number of pyridine rings is 1. The SMILES string of the molecule is Cn1cc(CNC(=O)c2cnccc2NN)cn1. The second kappa shape index (κ2) is 5.28. The summed E-state index contributed by atoms with van der Waals surface area (Å²) >= 11 is 0. The van der Waals surface area contributed by atoms with E-state index in [2.05, 4.69) is 20.8 Å². The molecule has 0 unspecified atom stereocenters. The molecule has 0 spiro atoms. The zero-order chi connectivity index (χ0) is 13.0. The number of carbonyl (C=O) groups is 1. The Hall–Kier alpha value is -2.41. The first-order valence-electron chi connectivity index (χ1n) is 5.37. The van der Waals surface area contributed by atoms with Crippen molar-refractivity contribution < 1.29 is 4.79 Å². The Labute approximate surface area is 104 Å². The molecular formula is C11H14N6O. The number of nitrogens with one attached hydrogen (secondary N) is 2. The third-order valence-electron chi connectivity index (χ3n) is 2.43. The van der Waals surface area contributed by atoms with E-state index in [1.54, 1.807) is 23.1 Å². The highest BCUT2D eigenvalue weighted by molar-refractivity contribution is 5.99. The van der Waals surface area contributed by atoms with Crippen LogP contribution in [0.5, 0.6) is 0 Å². The van der Waals surface area contributed by atoms with Gasteiger partial charge in [0, 0.05) is 37.7 Å². The fraction of sp³-hybridized carbons (Fsp3) is 0.182. The van der Waals surface area contributed by atoms with E-state index in [1.165, 1.54) is 6.20 Å². The van der Waals surface area contributed by atoms with Gasteiger partial charge in [-0.2, -0.15) is 5.10 Å². The van der Waals surface area contributed by atoms with Crippen LogP contribution in [0.1, 0.15) is 15.9 Å². The minimum absolute atomic E-state index is 0.236. The predicted octanol–water partition coefficient (Wildman–Crippen LogP) is 0.0307. The van der Waals surface area contributed by atoms with Crippen molar-refractivity contribution in [1.82, 2.24) is 20.1 Å². The molecule has 0 aliphatic carbocycles. The van der Waals surface area contributed by atoms with Gasteiger partial charge in [-0.05, 0) is 6.07 Å². The number of anilines is 1. The Morgan fingerprint density at radius 2 is 2.33 bits per heavy atom. The highest BCUT2D eigenvalue weighted by Crippen LogP contribution is 2.11. The molecule has 94 valence electrons. The van der Waals surface area contributed by atoms with Gasteiger partial charge >= 0.3 is 0 Å². The van der Waals surface area contributed by atoms with Gasteiger partial charge in [-0.1, -0.05) is 0 Å². The standard InChI is InChI=1S/C11H14N6O/c1-17-7-8(5-15-17)4-14-11(18)9-6-13-3-2-10(9)16-12/h2-3,5-7H,4,12H2,1H3,(H,13,16)(H,14,18). The summed E-state index contributed by atoms with van der Waals surface area (Å²) < 4.78 is 1.68. The molecule has 0 aliphatic heterocycles. The number of hydrogen-bond acceptors (Lipinski definition) is 5. The van der Waals surface area contributed by atoms with Crippen LogP contribution in [0.15, 0.2) is 30.9 Å². The molecule has 7 nitrogen and oxygen atoms in total. The van der Waals surface area contributed by atoms with Gasteiger partial charge in [-0.25, -0.2) is 0 Å². The van der Waals surface area contributed by atoms with Gasteiger partial charge in [0.15, 0.2) is 0 Å². The summed E-state index contributed by atoms with van der Waals surface area (Å²) in [5.74, 6) is 5.09. The number of nitrogen functional groups attached to an aromatic ring is 1. The van der Waals surface area contributed by atoms with Crippen molar-refractivity contribution in [1.29, 1.82) is 0 Å². The van der Waals surface area contributed by atoms with E-state index in [1.807, 2.05) is 13.2 Å². The Morgan fingerprint density at radius 3 is 3.00 bits per heavy atom. The third-order valence-corrected chi connectivity index (χ3v) is 2.43. The van der Waals surface area contributed by atoms with Gasteiger partial charge in [0.2, 0.25) is 0 Å². The predicted molar refractivity (Wildman–Crippen MR) is 66.4 cm³/mol. The highest BCUT2D eigenvalue weighted by atomic mass is 16.1. The summed E-state index contributed by atoms with van der Waals surface area (Å²) in [6, 6.07) is 1.64. The maximum Gasteiger partial charge on any atom is 0.255 e. The number of nitrogens with two attached hydrogens (primary N) is 1. The summed E-state index contributed by atoms with van der Waals surface area (Å²) in [5, 5.41) is 6.80. The molecule has 7 heteroatoms. The maximum absolute atomic E-state index is 11.9. The zero-order valence-electron chi connectivity index (χ0n) is 9.92. The normalized spacial score (nSPS) is 10.1. The molecule has 0 radical (unpaired) electrons. The fourth-order valence-corrected chi connectivity index (χ4v) is 1.54. The molecule has 18 heavy (non-hydrogen) atoms. The number of rotatable bonds is 4. The summed E-state index contributed by atoms with van der Waals surface area (Å²) in [6.45, 7) is 0.408. The summed E-state index contributed by atoms with van der Waals surface area (Å²) in [7, 11) is 1.82. The second-order valence-corrected chi connectivity index (χ2v) is 3.77. The lowest BCUT2D eigenvalue weighted by Crippen LogP contribution is -2.24. The van der Waals surface area contributed by atoms with Crippen LogP contribution < -0.4 is 16.6 Å². The van der Waals surface area contributed by atoms with Crippen molar-refractivity contribution in [3.8, 4) is 0 Å². The lowest BCUT2D eigenvalue weighted by Gasteiger charge is -2.07. The van der Waals surface area contributed by atoms with Crippen LogP contribution in [-0.4, -0.2) is 20.7 Å². The first-order valence-corrected chi connectivity index (χ1v) is 5.37. The molecule has 0 fully saturated rings. The Balaban J connectivity index is 2.03. The van der Waals surface area contributed by atoms with Gasteiger partial charge in [0.25, 0.3) is 5.91 Å². The number of nitrogens with zero attached hydrogens (tertiary/aromatic N) is 3. The van der Waals surface area contributed by atoms with Crippen LogP contribution in [0.25, 0.3) is 0 Å². The molecule has 2 rings (SSSR count). The van der Waals surface area contributed by atoms with E-state index in [0.29, 0.717) is 17.8 Å². The molecule has 0 bridgehead atoms.